The van der Waals surface area contributed by atoms with Gasteiger partial charge in [-0.3, -0.25) is 9.59 Å². The van der Waals surface area contributed by atoms with Crippen molar-refractivity contribution in [1.82, 2.24) is 29.8 Å². The van der Waals surface area contributed by atoms with Crippen molar-refractivity contribution in [2.45, 2.75) is 39.3 Å². The normalized spacial score (nSPS) is 14.9. The third-order valence-corrected chi connectivity index (χ3v) is 6.03. The van der Waals surface area contributed by atoms with E-state index in [1.165, 1.54) is 17.1 Å². The summed E-state index contributed by atoms with van der Waals surface area (Å²) >= 11 is 6.37. The molecule has 1 aliphatic rings. The number of nitrogens with zero attached hydrogens (tertiary/aromatic N) is 6. The summed E-state index contributed by atoms with van der Waals surface area (Å²) in [5.74, 6) is -0.276. The Labute approximate surface area is 218 Å². The molecule has 196 valence electrons. The Morgan fingerprint density at radius 1 is 1.14 bits per heavy atom. The Kier molecular flexibility index (Phi) is 7.21. The van der Waals surface area contributed by atoms with Crippen LogP contribution in [0.25, 0.3) is 10.9 Å². The highest BCUT2D eigenvalue weighted by molar-refractivity contribution is 6.35. The minimum atomic E-state index is -0.714. The lowest BCUT2D eigenvalue weighted by Crippen LogP contribution is -2.57. The van der Waals surface area contributed by atoms with E-state index in [-0.39, 0.29) is 27.5 Å². The molecule has 2 aromatic heterocycles. The first kappa shape index (κ1) is 26.1. The second kappa shape index (κ2) is 10.2. The van der Waals surface area contributed by atoms with Crippen LogP contribution in [0.3, 0.4) is 0 Å². The Morgan fingerprint density at radius 3 is 2.46 bits per heavy atom. The monoisotopic (exact) mass is 528 g/mol. The Morgan fingerprint density at radius 2 is 1.81 bits per heavy atom. The van der Waals surface area contributed by atoms with Crippen molar-refractivity contribution >= 4 is 40.3 Å². The standard InChI is InChI=1S/C24H29ClN8O4/c1-14(29-21(34)18-19(26)28-9-8-27-18)20-30-16-7-5-6-15(25)17(16)22(35)33(20)32-12-10-31(11-13-32)23(36)37-24(2,3)4/h5-9,14H,10-13H2,1-4H3,(H2,26,28)(H,29,34)/t14-/m0/s1. The maximum absolute atomic E-state index is 13.7. The van der Waals surface area contributed by atoms with Gasteiger partial charge in [0.15, 0.2) is 17.3 Å². The average Bonchev–Trinajstić information content (AvgIpc) is 2.83. The molecule has 4 rings (SSSR count). The van der Waals surface area contributed by atoms with Crippen LogP contribution >= 0.6 is 11.6 Å². The van der Waals surface area contributed by atoms with Crippen molar-refractivity contribution in [2.24, 2.45) is 0 Å². The van der Waals surface area contributed by atoms with Gasteiger partial charge >= 0.3 is 6.09 Å². The topological polar surface area (TPSA) is 149 Å². The zero-order valence-corrected chi connectivity index (χ0v) is 21.8. The zero-order chi connectivity index (χ0) is 26.9. The number of fused-ring (bicyclic) bond motifs is 1. The van der Waals surface area contributed by atoms with Crippen LogP contribution in [0.15, 0.2) is 35.4 Å². The molecular formula is C24H29ClN8O4. The van der Waals surface area contributed by atoms with Crippen LogP contribution < -0.4 is 21.6 Å². The van der Waals surface area contributed by atoms with Crippen molar-refractivity contribution < 1.29 is 14.3 Å². The molecule has 1 saturated heterocycles. The molecule has 1 atom stereocenters. The maximum atomic E-state index is 13.7. The van der Waals surface area contributed by atoms with Gasteiger partial charge in [-0.2, -0.15) is 0 Å². The molecule has 3 N–H and O–H groups in total. The fraction of sp³-hybridized carbons (Fsp3) is 0.417. The van der Waals surface area contributed by atoms with Gasteiger partial charge in [0.1, 0.15) is 5.60 Å². The first-order chi connectivity index (χ1) is 17.5. The van der Waals surface area contributed by atoms with Crippen LogP contribution in [0, 0.1) is 0 Å². The van der Waals surface area contributed by atoms with E-state index in [0.717, 1.165) is 0 Å². The lowest BCUT2D eigenvalue weighted by atomic mass is 10.2. The maximum Gasteiger partial charge on any atom is 0.410 e. The number of hydrogen-bond donors (Lipinski definition) is 2. The van der Waals surface area contributed by atoms with E-state index in [0.29, 0.717) is 37.5 Å². The predicted molar refractivity (Wildman–Crippen MR) is 139 cm³/mol. The molecule has 13 heteroatoms. The summed E-state index contributed by atoms with van der Waals surface area (Å²) in [7, 11) is 0. The molecule has 1 aliphatic heterocycles. The zero-order valence-electron chi connectivity index (χ0n) is 21.1. The van der Waals surface area contributed by atoms with Gasteiger partial charge in [0, 0.05) is 25.5 Å². The highest BCUT2D eigenvalue weighted by Gasteiger charge is 2.29. The summed E-state index contributed by atoms with van der Waals surface area (Å²) in [5.41, 5.74) is 5.18. The molecule has 0 spiro atoms. The number of carbonyl (C=O) groups excluding carboxylic acids is 2. The number of nitrogen functional groups attached to an aromatic ring is 1. The molecule has 0 bridgehead atoms. The number of ether oxygens (including phenoxy) is 1. The van der Waals surface area contributed by atoms with Crippen molar-refractivity contribution in [1.29, 1.82) is 0 Å². The van der Waals surface area contributed by atoms with Crippen molar-refractivity contribution in [3.63, 3.8) is 0 Å². The smallest absolute Gasteiger partial charge is 0.410 e. The number of halogens is 1. The van der Waals surface area contributed by atoms with Crippen LogP contribution in [0.4, 0.5) is 10.6 Å². The first-order valence-corrected chi connectivity index (χ1v) is 12.2. The summed E-state index contributed by atoms with van der Waals surface area (Å²) in [5, 5.41) is 5.12. The quantitative estimate of drug-likeness (QED) is 0.519. The van der Waals surface area contributed by atoms with Crippen LogP contribution in [-0.4, -0.2) is 68.3 Å². The molecule has 2 amide bonds. The molecule has 0 radical (unpaired) electrons. The minimum Gasteiger partial charge on any atom is -0.444 e. The van der Waals surface area contributed by atoms with Gasteiger partial charge in [-0.1, -0.05) is 17.7 Å². The van der Waals surface area contributed by atoms with E-state index in [2.05, 4.69) is 15.3 Å². The molecule has 1 aromatic carbocycles. The minimum absolute atomic E-state index is 0.0129. The molecule has 0 unspecified atom stereocenters. The predicted octanol–water partition coefficient (Wildman–Crippen LogP) is 2.10. The molecule has 37 heavy (non-hydrogen) atoms. The molecule has 3 aromatic rings. The Bertz CT molecular complexity index is 1400. The number of nitrogens with two attached hydrogens (primary N) is 1. The molecule has 0 aliphatic carbocycles. The van der Waals surface area contributed by atoms with Crippen LogP contribution in [-0.2, 0) is 4.74 Å². The summed E-state index contributed by atoms with van der Waals surface area (Å²) in [6.45, 7) is 8.46. The highest BCUT2D eigenvalue weighted by Crippen LogP contribution is 2.22. The number of carbonyl (C=O) groups is 2. The van der Waals surface area contributed by atoms with Crippen LogP contribution in [0.5, 0.6) is 0 Å². The molecule has 12 nitrogen and oxygen atoms in total. The highest BCUT2D eigenvalue weighted by atomic mass is 35.5. The van der Waals surface area contributed by atoms with Gasteiger partial charge in [0.25, 0.3) is 11.5 Å². The molecule has 3 heterocycles. The fourth-order valence-electron chi connectivity index (χ4n) is 4.01. The van der Waals surface area contributed by atoms with E-state index in [1.807, 2.05) is 20.8 Å². The van der Waals surface area contributed by atoms with Gasteiger partial charge in [0.2, 0.25) is 0 Å². The second-order valence-corrected chi connectivity index (χ2v) is 10.0. The van der Waals surface area contributed by atoms with Crippen LogP contribution in [0.1, 0.15) is 50.0 Å². The van der Waals surface area contributed by atoms with Crippen molar-refractivity contribution in [3.8, 4) is 0 Å². The van der Waals surface area contributed by atoms with Crippen molar-refractivity contribution in [2.75, 3.05) is 36.9 Å². The number of hydrogen-bond acceptors (Lipinski definition) is 9. The summed E-state index contributed by atoms with van der Waals surface area (Å²) in [6, 6.07) is 4.30. The van der Waals surface area contributed by atoms with Gasteiger partial charge in [-0.15, -0.1) is 0 Å². The number of rotatable bonds is 4. The number of amides is 2. The van der Waals surface area contributed by atoms with E-state index in [9.17, 15) is 14.4 Å². The summed E-state index contributed by atoms with van der Waals surface area (Å²) < 4.78 is 6.90. The average molecular weight is 529 g/mol. The summed E-state index contributed by atoms with van der Waals surface area (Å²) in [4.78, 5) is 53.3. The lowest BCUT2D eigenvalue weighted by Gasteiger charge is -2.38. The lowest BCUT2D eigenvalue weighted by molar-refractivity contribution is 0.0231. The fourth-order valence-corrected chi connectivity index (χ4v) is 4.26. The van der Waals surface area contributed by atoms with Gasteiger partial charge < -0.3 is 25.7 Å². The Hall–Kier alpha value is -3.93. The number of nitrogens with one attached hydrogen (secondary N) is 1. The molecule has 0 saturated carbocycles. The van der Waals surface area contributed by atoms with Crippen molar-refractivity contribution in [3.05, 3.63) is 57.5 Å². The van der Waals surface area contributed by atoms with E-state index < -0.39 is 23.6 Å². The molecule has 1 fully saturated rings. The van der Waals surface area contributed by atoms with E-state index >= 15 is 0 Å². The van der Waals surface area contributed by atoms with Crippen LogP contribution in [0.2, 0.25) is 5.02 Å². The number of aromatic nitrogens is 4. The number of anilines is 1. The third-order valence-electron chi connectivity index (χ3n) is 5.72. The van der Waals surface area contributed by atoms with Gasteiger partial charge in [-0.25, -0.2) is 24.4 Å². The second-order valence-electron chi connectivity index (χ2n) is 9.63. The summed E-state index contributed by atoms with van der Waals surface area (Å²) in [6.07, 6.45) is 2.34. The Balaban J connectivity index is 1.67. The first-order valence-electron chi connectivity index (χ1n) is 11.8. The largest absolute Gasteiger partial charge is 0.444 e. The number of piperazine rings is 1. The van der Waals surface area contributed by atoms with E-state index in [1.54, 1.807) is 35.0 Å². The SMILES string of the molecule is C[C@H](NC(=O)c1nccnc1N)c1nc2cccc(Cl)c2c(=O)n1N1CCN(C(=O)OC(C)(C)C)CC1. The molecular weight excluding hydrogens is 500 g/mol. The number of benzene rings is 1. The van der Waals surface area contributed by atoms with Gasteiger partial charge in [-0.05, 0) is 39.8 Å². The van der Waals surface area contributed by atoms with Gasteiger partial charge in [0.05, 0.1) is 35.1 Å². The van der Waals surface area contributed by atoms with E-state index in [4.69, 9.17) is 27.1 Å². The third kappa shape index (κ3) is 5.58.